The molecule has 27 heavy (non-hydrogen) atoms. The van der Waals surface area contributed by atoms with E-state index in [0.29, 0.717) is 19.8 Å². The number of fused-ring (bicyclic) bond motifs is 1. The Kier molecular flexibility index (Phi) is 5.96. The molecule has 1 amide bonds. The van der Waals surface area contributed by atoms with Gasteiger partial charge in [0.05, 0.1) is 30.2 Å². The summed E-state index contributed by atoms with van der Waals surface area (Å²) in [4.78, 5) is 16.2. The van der Waals surface area contributed by atoms with Crippen molar-refractivity contribution in [2.45, 2.75) is 33.4 Å². The molecule has 0 aliphatic rings. The molecule has 6 heteroatoms. The third kappa shape index (κ3) is 4.39. The number of rotatable bonds is 8. The van der Waals surface area contributed by atoms with Crippen LogP contribution < -0.4 is 14.8 Å². The summed E-state index contributed by atoms with van der Waals surface area (Å²) in [7, 11) is 0. The number of hydrogen-bond donors (Lipinski definition) is 1. The van der Waals surface area contributed by atoms with E-state index < -0.39 is 0 Å². The van der Waals surface area contributed by atoms with Gasteiger partial charge in [-0.3, -0.25) is 4.79 Å². The zero-order valence-electron chi connectivity index (χ0n) is 15.9. The maximum atomic E-state index is 11.5. The van der Waals surface area contributed by atoms with Crippen LogP contribution in [0.3, 0.4) is 0 Å². The van der Waals surface area contributed by atoms with Gasteiger partial charge in [0, 0.05) is 6.92 Å². The van der Waals surface area contributed by atoms with E-state index in [1.54, 1.807) is 0 Å². The topological polar surface area (TPSA) is 65.4 Å². The van der Waals surface area contributed by atoms with Crippen LogP contribution in [-0.4, -0.2) is 28.7 Å². The van der Waals surface area contributed by atoms with E-state index in [9.17, 15) is 4.79 Å². The Morgan fingerprint density at radius 2 is 1.78 bits per heavy atom. The molecule has 0 aliphatic carbocycles. The number of nitrogens with zero attached hydrogens (tertiary/aromatic N) is 2. The van der Waals surface area contributed by atoms with Gasteiger partial charge in [0.15, 0.2) is 11.5 Å². The number of carbonyl (C=O) groups excluding carboxylic acids is 1. The molecule has 3 rings (SSSR count). The molecule has 142 valence electrons. The second-order valence-corrected chi connectivity index (χ2v) is 6.26. The summed E-state index contributed by atoms with van der Waals surface area (Å²) >= 11 is 0. The summed E-state index contributed by atoms with van der Waals surface area (Å²) in [5, 5.41) is 2.91. The summed E-state index contributed by atoms with van der Waals surface area (Å²) in [6.45, 7) is 7.06. The Hall–Kier alpha value is -3.02. The first-order chi connectivity index (χ1) is 13.1. The van der Waals surface area contributed by atoms with E-state index >= 15 is 0 Å². The molecule has 1 N–H and O–H groups in total. The van der Waals surface area contributed by atoms with E-state index in [0.717, 1.165) is 28.4 Å². The maximum Gasteiger partial charge on any atom is 0.217 e. The molecule has 0 aliphatic heterocycles. The summed E-state index contributed by atoms with van der Waals surface area (Å²) in [5.41, 5.74) is 1.92. The highest BCUT2D eigenvalue weighted by Gasteiger charge is 2.17. The molecule has 1 heterocycles. The first-order valence-electron chi connectivity index (χ1n) is 9.17. The molecule has 3 aromatic rings. The van der Waals surface area contributed by atoms with Gasteiger partial charge in [-0.1, -0.05) is 24.3 Å². The van der Waals surface area contributed by atoms with Gasteiger partial charge in [0.1, 0.15) is 12.4 Å². The molecule has 6 nitrogen and oxygen atoms in total. The Labute approximate surface area is 159 Å². The number of hydrogen-bond acceptors (Lipinski definition) is 4. The minimum Gasteiger partial charge on any atom is -0.490 e. The quantitative estimate of drug-likeness (QED) is 0.659. The molecular weight excluding hydrogens is 342 g/mol. The number of carbonyl (C=O) groups is 1. The molecule has 0 fully saturated rings. The molecule has 0 saturated heterocycles. The molecule has 1 aromatic heterocycles. The van der Waals surface area contributed by atoms with E-state index in [-0.39, 0.29) is 11.9 Å². The fourth-order valence-corrected chi connectivity index (χ4v) is 3.12. The largest absolute Gasteiger partial charge is 0.490 e. The lowest BCUT2D eigenvalue weighted by Gasteiger charge is -2.16. The van der Waals surface area contributed by atoms with Gasteiger partial charge in [0.2, 0.25) is 5.91 Å². The number of nitrogens with one attached hydrogen (secondary N) is 1. The zero-order chi connectivity index (χ0) is 19.2. The summed E-state index contributed by atoms with van der Waals surface area (Å²) in [6, 6.07) is 15.4. The number of amides is 1. The number of aromatic nitrogens is 2. The van der Waals surface area contributed by atoms with Crippen molar-refractivity contribution in [3.05, 3.63) is 54.4 Å². The van der Waals surface area contributed by atoms with Crippen molar-refractivity contribution in [2.24, 2.45) is 0 Å². The lowest BCUT2D eigenvalue weighted by Crippen LogP contribution is -2.27. The van der Waals surface area contributed by atoms with Crippen molar-refractivity contribution >= 4 is 16.9 Å². The van der Waals surface area contributed by atoms with Gasteiger partial charge < -0.3 is 19.4 Å². The van der Waals surface area contributed by atoms with Crippen molar-refractivity contribution in [3.8, 4) is 11.5 Å². The van der Waals surface area contributed by atoms with Gasteiger partial charge in [-0.05, 0) is 38.1 Å². The normalized spacial score (nSPS) is 12.0. The molecule has 2 aromatic carbocycles. The van der Waals surface area contributed by atoms with Gasteiger partial charge in [-0.15, -0.1) is 0 Å². The van der Waals surface area contributed by atoms with Crippen LogP contribution in [0.4, 0.5) is 0 Å². The van der Waals surface area contributed by atoms with Crippen LogP contribution >= 0.6 is 0 Å². The second kappa shape index (κ2) is 8.58. The minimum atomic E-state index is -0.189. The van der Waals surface area contributed by atoms with E-state index in [1.165, 1.54) is 6.92 Å². The van der Waals surface area contributed by atoms with E-state index in [4.69, 9.17) is 14.5 Å². The standard InChI is InChI=1S/C21H25N3O3/c1-4-26-19-11-7-8-12-20(19)27-14-13-24-18-10-6-5-9-17(18)23-21(24)15(2)22-16(3)25/h5-12,15H,4,13-14H2,1-3H3,(H,22,25). The fourth-order valence-electron chi connectivity index (χ4n) is 3.12. The maximum absolute atomic E-state index is 11.5. The predicted molar refractivity (Wildman–Crippen MR) is 105 cm³/mol. The smallest absolute Gasteiger partial charge is 0.217 e. The van der Waals surface area contributed by atoms with Crippen LogP contribution in [0, 0.1) is 0 Å². The molecule has 1 unspecified atom stereocenters. The average molecular weight is 367 g/mol. The Balaban J connectivity index is 1.81. The highest BCUT2D eigenvalue weighted by Crippen LogP contribution is 2.27. The number of para-hydroxylation sites is 4. The predicted octanol–water partition coefficient (Wildman–Crippen LogP) is 3.71. The van der Waals surface area contributed by atoms with Crippen LogP contribution in [0.5, 0.6) is 11.5 Å². The van der Waals surface area contributed by atoms with Gasteiger partial charge >= 0.3 is 0 Å². The van der Waals surface area contributed by atoms with Crippen LogP contribution in [0.2, 0.25) is 0 Å². The van der Waals surface area contributed by atoms with Crippen LogP contribution in [0.15, 0.2) is 48.5 Å². The monoisotopic (exact) mass is 367 g/mol. The first kappa shape index (κ1) is 18.8. The average Bonchev–Trinajstić information content (AvgIpc) is 3.02. The van der Waals surface area contributed by atoms with Crippen molar-refractivity contribution < 1.29 is 14.3 Å². The molecule has 0 spiro atoms. The van der Waals surface area contributed by atoms with Crippen LogP contribution in [-0.2, 0) is 11.3 Å². The number of imidazole rings is 1. The molecule has 1 atom stereocenters. The van der Waals surface area contributed by atoms with Crippen LogP contribution in [0.1, 0.15) is 32.6 Å². The fraction of sp³-hybridized carbons (Fsp3) is 0.333. The van der Waals surface area contributed by atoms with Crippen molar-refractivity contribution in [3.63, 3.8) is 0 Å². The minimum absolute atomic E-state index is 0.0806. The zero-order valence-corrected chi connectivity index (χ0v) is 15.9. The van der Waals surface area contributed by atoms with Gasteiger partial charge in [-0.25, -0.2) is 4.98 Å². The SMILES string of the molecule is CCOc1ccccc1OCCn1c(C(C)NC(C)=O)nc2ccccc21. The van der Waals surface area contributed by atoms with Gasteiger partial charge in [0.25, 0.3) is 0 Å². The van der Waals surface area contributed by atoms with Crippen molar-refractivity contribution in [1.82, 2.24) is 14.9 Å². The summed E-state index contributed by atoms with van der Waals surface area (Å²) in [6.07, 6.45) is 0. The Bertz CT molecular complexity index is 920. The van der Waals surface area contributed by atoms with Crippen molar-refractivity contribution in [2.75, 3.05) is 13.2 Å². The van der Waals surface area contributed by atoms with Crippen molar-refractivity contribution in [1.29, 1.82) is 0 Å². The van der Waals surface area contributed by atoms with E-state index in [2.05, 4.69) is 9.88 Å². The van der Waals surface area contributed by atoms with E-state index in [1.807, 2.05) is 62.4 Å². The highest BCUT2D eigenvalue weighted by molar-refractivity contribution is 5.77. The third-order valence-electron chi connectivity index (χ3n) is 4.21. The van der Waals surface area contributed by atoms with Crippen LogP contribution in [0.25, 0.3) is 11.0 Å². The lowest BCUT2D eigenvalue weighted by molar-refractivity contribution is -0.119. The molecular formula is C21H25N3O3. The summed E-state index contributed by atoms with van der Waals surface area (Å²) in [5.74, 6) is 2.19. The van der Waals surface area contributed by atoms with Gasteiger partial charge in [-0.2, -0.15) is 0 Å². The second-order valence-electron chi connectivity index (χ2n) is 6.26. The molecule has 0 radical (unpaired) electrons. The lowest BCUT2D eigenvalue weighted by atomic mass is 10.3. The molecule has 0 bridgehead atoms. The summed E-state index contributed by atoms with van der Waals surface area (Å²) < 4.78 is 13.7. The number of ether oxygens (including phenoxy) is 2. The third-order valence-corrected chi connectivity index (χ3v) is 4.21. The Morgan fingerprint density at radius 3 is 2.48 bits per heavy atom. The first-order valence-corrected chi connectivity index (χ1v) is 9.17. The number of benzene rings is 2. The highest BCUT2D eigenvalue weighted by atomic mass is 16.5. The molecule has 0 saturated carbocycles. The Morgan fingerprint density at radius 1 is 1.11 bits per heavy atom.